The minimum absolute atomic E-state index is 0.0445. The van der Waals surface area contributed by atoms with E-state index in [1.54, 1.807) is 13.3 Å². The lowest BCUT2D eigenvalue weighted by Crippen LogP contribution is -2.10. The Bertz CT molecular complexity index is 301. The third-order valence-electron chi connectivity index (χ3n) is 1.90. The second-order valence-electron chi connectivity index (χ2n) is 2.66. The molecule has 0 aromatic carbocycles. The summed E-state index contributed by atoms with van der Waals surface area (Å²) < 4.78 is 10.3. The predicted molar refractivity (Wildman–Crippen MR) is 43.2 cm³/mol. The van der Waals surface area contributed by atoms with E-state index in [-0.39, 0.29) is 6.04 Å². The highest BCUT2D eigenvalue weighted by Crippen LogP contribution is 2.36. The summed E-state index contributed by atoms with van der Waals surface area (Å²) in [5, 5.41) is 0. The summed E-state index contributed by atoms with van der Waals surface area (Å²) >= 11 is 0. The zero-order valence-corrected chi connectivity index (χ0v) is 6.78. The van der Waals surface area contributed by atoms with Crippen LogP contribution < -0.4 is 15.2 Å². The molecule has 2 N–H and O–H groups in total. The van der Waals surface area contributed by atoms with E-state index in [4.69, 9.17) is 15.2 Å². The standard InChI is InChI=1S/C8H10N2O2/c1-11-8-7-5(2-3-10-8)6(9)4-12-7/h2-3,6H,4,9H2,1H3. The Labute approximate surface area is 70.3 Å². The highest BCUT2D eigenvalue weighted by atomic mass is 16.5. The zero-order valence-electron chi connectivity index (χ0n) is 6.78. The van der Waals surface area contributed by atoms with Gasteiger partial charge in [0, 0.05) is 11.8 Å². The molecule has 0 aliphatic carbocycles. The lowest BCUT2D eigenvalue weighted by atomic mass is 10.1. The van der Waals surface area contributed by atoms with Crippen LogP contribution in [-0.4, -0.2) is 18.7 Å². The fourth-order valence-corrected chi connectivity index (χ4v) is 1.29. The van der Waals surface area contributed by atoms with Gasteiger partial charge in [0.05, 0.1) is 13.2 Å². The molecule has 4 nitrogen and oxygen atoms in total. The van der Waals surface area contributed by atoms with Crippen molar-refractivity contribution in [1.82, 2.24) is 4.98 Å². The number of hydrogen-bond donors (Lipinski definition) is 1. The SMILES string of the molecule is COc1nccc2c1OCC2N. The lowest BCUT2D eigenvalue weighted by molar-refractivity contribution is 0.305. The summed E-state index contributed by atoms with van der Waals surface area (Å²) in [4.78, 5) is 4.00. The molecule has 1 aliphatic rings. The Balaban J connectivity index is 2.50. The number of methoxy groups -OCH3 is 1. The Morgan fingerprint density at radius 3 is 3.33 bits per heavy atom. The zero-order chi connectivity index (χ0) is 8.55. The first-order chi connectivity index (χ1) is 5.83. The number of rotatable bonds is 1. The molecule has 1 atom stereocenters. The highest BCUT2D eigenvalue weighted by Gasteiger charge is 2.24. The molecule has 2 heterocycles. The van der Waals surface area contributed by atoms with E-state index in [0.29, 0.717) is 18.2 Å². The molecular formula is C8H10N2O2. The van der Waals surface area contributed by atoms with Crippen LogP contribution in [0.4, 0.5) is 0 Å². The summed E-state index contributed by atoms with van der Waals surface area (Å²) in [6.07, 6.45) is 1.67. The van der Waals surface area contributed by atoms with Gasteiger partial charge in [-0.2, -0.15) is 0 Å². The minimum Gasteiger partial charge on any atom is -0.486 e. The predicted octanol–water partition coefficient (Wildman–Crippen LogP) is 0.482. The van der Waals surface area contributed by atoms with Gasteiger partial charge in [0.1, 0.15) is 6.61 Å². The number of pyridine rings is 1. The first-order valence-corrected chi connectivity index (χ1v) is 3.74. The summed E-state index contributed by atoms with van der Waals surface area (Å²) in [5.41, 5.74) is 6.74. The fourth-order valence-electron chi connectivity index (χ4n) is 1.29. The number of fused-ring (bicyclic) bond motifs is 1. The van der Waals surface area contributed by atoms with E-state index in [1.165, 1.54) is 0 Å². The monoisotopic (exact) mass is 166 g/mol. The van der Waals surface area contributed by atoms with Gasteiger partial charge in [0.15, 0.2) is 5.75 Å². The van der Waals surface area contributed by atoms with Crippen molar-refractivity contribution in [2.75, 3.05) is 13.7 Å². The van der Waals surface area contributed by atoms with Crippen LogP contribution in [0.3, 0.4) is 0 Å². The molecule has 0 bridgehead atoms. The molecule has 1 aromatic heterocycles. The average Bonchev–Trinajstić information content (AvgIpc) is 2.48. The topological polar surface area (TPSA) is 57.4 Å². The number of ether oxygens (including phenoxy) is 2. The average molecular weight is 166 g/mol. The Hall–Kier alpha value is -1.29. The minimum atomic E-state index is -0.0445. The van der Waals surface area contributed by atoms with Crippen LogP contribution in [-0.2, 0) is 0 Å². The van der Waals surface area contributed by atoms with Crippen molar-refractivity contribution in [3.8, 4) is 11.6 Å². The van der Waals surface area contributed by atoms with Gasteiger partial charge in [-0.25, -0.2) is 4.98 Å². The molecule has 0 amide bonds. The fraction of sp³-hybridized carbons (Fsp3) is 0.375. The van der Waals surface area contributed by atoms with Gasteiger partial charge in [-0.3, -0.25) is 0 Å². The number of nitrogens with two attached hydrogens (primary N) is 1. The van der Waals surface area contributed by atoms with Crippen LogP contribution in [0.25, 0.3) is 0 Å². The van der Waals surface area contributed by atoms with E-state index in [9.17, 15) is 0 Å². The van der Waals surface area contributed by atoms with Gasteiger partial charge >= 0.3 is 0 Å². The lowest BCUT2D eigenvalue weighted by Gasteiger charge is -2.03. The highest BCUT2D eigenvalue weighted by molar-refractivity contribution is 5.45. The van der Waals surface area contributed by atoms with Crippen molar-refractivity contribution in [3.63, 3.8) is 0 Å². The first kappa shape index (κ1) is 7.36. The van der Waals surface area contributed by atoms with E-state index < -0.39 is 0 Å². The van der Waals surface area contributed by atoms with Crippen molar-refractivity contribution in [2.45, 2.75) is 6.04 Å². The second kappa shape index (κ2) is 2.64. The molecule has 64 valence electrons. The molecular weight excluding hydrogens is 156 g/mol. The molecule has 0 saturated carbocycles. The van der Waals surface area contributed by atoms with Crippen LogP contribution >= 0.6 is 0 Å². The van der Waals surface area contributed by atoms with Crippen LogP contribution in [0.2, 0.25) is 0 Å². The Morgan fingerprint density at radius 2 is 2.58 bits per heavy atom. The third-order valence-corrected chi connectivity index (χ3v) is 1.90. The summed E-state index contributed by atoms with van der Waals surface area (Å²) in [5.74, 6) is 1.20. The van der Waals surface area contributed by atoms with Crippen LogP contribution in [0.15, 0.2) is 12.3 Å². The van der Waals surface area contributed by atoms with Gasteiger partial charge < -0.3 is 15.2 Å². The number of nitrogens with zero attached hydrogens (tertiary/aromatic N) is 1. The number of hydrogen-bond acceptors (Lipinski definition) is 4. The molecule has 0 spiro atoms. The Morgan fingerprint density at radius 1 is 1.75 bits per heavy atom. The molecule has 2 rings (SSSR count). The van der Waals surface area contributed by atoms with Crippen molar-refractivity contribution in [3.05, 3.63) is 17.8 Å². The molecule has 0 radical (unpaired) electrons. The Kier molecular flexibility index (Phi) is 1.62. The second-order valence-corrected chi connectivity index (χ2v) is 2.66. The third kappa shape index (κ3) is 0.921. The van der Waals surface area contributed by atoms with E-state index in [1.807, 2.05) is 6.07 Å². The molecule has 12 heavy (non-hydrogen) atoms. The maximum atomic E-state index is 5.76. The van der Waals surface area contributed by atoms with Gasteiger partial charge in [-0.15, -0.1) is 0 Å². The molecule has 0 saturated heterocycles. The largest absolute Gasteiger partial charge is 0.486 e. The molecule has 0 fully saturated rings. The van der Waals surface area contributed by atoms with E-state index >= 15 is 0 Å². The quantitative estimate of drug-likeness (QED) is 0.659. The smallest absolute Gasteiger partial charge is 0.257 e. The summed E-state index contributed by atoms with van der Waals surface area (Å²) in [7, 11) is 1.57. The maximum Gasteiger partial charge on any atom is 0.257 e. The summed E-state index contributed by atoms with van der Waals surface area (Å²) in [6, 6.07) is 1.81. The maximum absolute atomic E-state index is 5.76. The van der Waals surface area contributed by atoms with Gasteiger partial charge in [0.2, 0.25) is 0 Å². The van der Waals surface area contributed by atoms with Crippen molar-refractivity contribution in [2.24, 2.45) is 5.73 Å². The van der Waals surface area contributed by atoms with Gasteiger partial charge in [-0.1, -0.05) is 0 Å². The van der Waals surface area contributed by atoms with Gasteiger partial charge in [0.25, 0.3) is 5.88 Å². The summed E-state index contributed by atoms with van der Waals surface area (Å²) in [6.45, 7) is 0.511. The number of aromatic nitrogens is 1. The molecule has 1 aromatic rings. The van der Waals surface area contributed by atoms with Crippen LogP contribution in [0.5, 0.6) is 11.6 Å². The van der Waals surface area contributed by atoms with Crippen LogP contribution in [0, 0.1) is 0 Å². The van der Waals surface area contributed by atoms with Crippen molar-refractivity contribution in [1.29, 1.82) is 0 Å². The first-order valence-electron chi connectivity index (χ1n) is 3.74. The van der Waals surface area contributed by atoms with Gasteiger partial charge in [-0.05, 0) is 6.07 Å². The molecule has 1 unspecified atom stereocenters. The molecule has 1 aliphatic heterocycles. The van der Waals surface area contributed by atoms with Crippen molar-refractivity contribution >= 4 is 0 Å². The van der Waals surface area contributed by atoms with E-state index in [2.05, 4.69) is 4.98 Å². The van der Waals surface area contributed by atoms with E-state index in [0.717, 1.165) is 5.56 Å². The van der Waals surface area contributed by atoms with Crippen LogP contribution in [0.1, 0.15) is 11.6 Å². The normalized spacial score (nSPS) is 20.0. The molecule has 4 heteroatoms. The van der Waals surface area contributed by atoms with Crippen molar-refractivity contribution < 1.29 is 9.47 Å².